The van der Waals surface area contributed by atoms with Gasteiger partial charge in [0.2, 0.25) is 0 Å². The van der Waals surface area contributed by atoms with Gasteiger partial charge in [0.1, 0.15) is 28.8 Å². The molecule has 8 heteroatoms. The summed E-state index contributed by atoms with van der Waals surface area (Å²) < 4.78 is 40.2. The molecule has 0 bridgehead atoms. The summed E-state index contributed by atoms with van der Waals surface area (Å²) in [5.41, 5.74) is 0.0543. The molecule has 2 N–H and O–H groups in total. The Morgan fingerprint density at radius 3 is 2.25 bits per heavy atom. The van der Waals surface area contributed by atoms with Crippen LogP contribution in [0.4, 0.5) is 18.9 Å². The van der Waals surface area contributed by atoms with Crippen molar-refractivity contribution in [2.45, 2.75) is 6.54 Å². The number of anilines is 1. The number of aromatic nitrogens is 1. The molecule has 0 saturated carbocycles. The molecule has 5 nitrogen and oxygen atoms in total. The number of carbonyl (C=O) groups is 2. The molecule has 0 aliphatic heterocycles. The number of amides is 2. The molecule has 1 aromatic heterocycles. The highest BCUT2D eigenvalue weighted by atomic mass is 19.1. The van der Waals surface area contributed by atoms with Gasteiger partial charge in [-0.15, -0.1) is 0 Å². The largest absolute Gasteiger partial charge is 0.347 e. The Bertz CT molecular complexity index is 1000. The highest BCUT2D eigenvalue weighted by Crippen LogP contribution is 2.19. The first-order valence-corrected chi connectivity index (χ1v) is 8.18. The predicted octanol–water partition coefficient (Wildman–Crippen LogP) is 3.68. The van der Waals surface area contributed by atoms with Crippen molar-refractivity contribution in [2.24, 2.45) is 0 Å². The van der Waals surface area contributed by atoms with E-state index in [0.29, 0.717) is 5.56 Å². The van der Waals surface area contributed by atoms with Crippen molar-refractivity contribution in [3.8, 4) is 0 Å². The minimum atomic E-state index is -0.917. The van der Waals surface area contributed by atoms with E-state index in [0.717, 1.165) is 12.1 Å². The van der Waals surface area contributed by atoms with E-state index in [9.17, 15) is 22.8 Å². The molecule has 3 rings (SSSR count). The van der Waals surface area contributed by atoms with Gasteiger partial charge in [0.05, 0.1) is 0 Å². The second-order valence-corrected chi connectivity index (χ2v) is 5.79. The highest BCUT2D eigenvalue weighted by molar-refractivity contribution is 6.05. The number of nitrogens with zero attached hydrogens (tertiary/aromatic N) is 1. The maximum Gasteiger partial charge on any atom is 0.270 e. The van der Waals surface area contributed by atoms with Crippen LogP contribution in [0, 0.1) is 17.5 Å². The molecular formula is C20H14F3N3O2. The zero-order valence-corrected chi connectivity index (χ0v) is 14.4. The molecule has 28 heavy (non-hydrogen) atoms. The smallest absolute Gasteiger partial charge is 0.270 e. The van der Waals surface area contributed by atoms with Gasteiger partial charge in [0.25, 0.3) is 11.8 Å². The summed E-state index contributed by atoms with van der Waals surface area (Å²) in [6, 6.07) is 11.3. The lowest BCUT2D eigenvalue weighted by atomic mass is 10.2. The number of hydrogen-bond donors (Lipinski definition) is 2. The van der Waals surface area contributed by atoms with Crippen LogP contribution in [0.5, 0.6) is 0 Å². The van der Waals surface area contributed by atoms with E-state index in [4.69, 9.17) is 0 Å². The fraction of sp³-hybridized carbons (Fsp3) is 0.0500. The van der Waals surface area contributed by atoms with Crippen molar-refractivity contribution in [1.82, 2.24) is 10.3 Å². The molecule has 0 spiro atoms. The Kier molecular flexibility index (Phi) is 5.69. The van der Waals surface area contributed by atoms with E-state index in [1.807, 2.05) is 0 Å². The third-order valence-corrected chi connectivity index (χ3v) is 3.82. The lowest BCUT2D eigenvalue weighted by molar-refractivity contribution is 0.0946. The zero-order chi connectivity index (χ0) is 20.1. The topological polar surface area (TPSA) is 71.1 Å². The maximum absolute atomic E-state index is 13.7. The average Bonchev–Trinajstić information content (AvgIpc) is 2.70. The summed E-state index contributed by atoms with van der Waals surface area (Å²) in [6.45, 7) is 0.137. The number of pyridine rings is 1. The number of para-hydroxylation sites is 1. The normalized spacial score (nSPS) is 10.4. The summed E-state index contributed by atoms with van der Waals surface area (Å²) >= 11 is 0. The molecular weight excluding hydrogens is 371 g/mol. The van der Waals surface area contributed by atoms with Crippen molar-refractivity contribution < 1.29 is 22.8 Å². The molecule has 1 heterocycles. The molecule has 142 valence electrons. The van der Waals surface area contributed by atoms with Crippen LogP contribution < -0.4 is 10.6 Å². The second-order valence-electron chi connectivity index (χ2n) is 5.79. The quantitative estimate of drug-likeness (QED) is 0.704. The van der Waals surface area contributed by atoms with Crippen LogP contribution in [0.3, 0.4) is 0 Å². The van der Waals surface area contributed by atoms with Crippen LogP contribution in [0.25, 0.3) is 0 Å². The number of hydrogen-bond acceptors (Lipinski definition) is 3. The van der Waals surface area contributed by atoms with Crippen molar-refractivity contribution in [1.29, 1.82) is 0 Å². The van der Waals surface area contributed by atoms with Gasteiger partial charge in [0, 0.05) is 18.3 Å². The van der Waals surface area contributed by atoms with Crippen molar-refractivity contribution in [3.63, 3.8) is 0 Å². The summed E-state index contributed by atoms with van der Waals surface area (Å²) in [6.07, 6.45) is 1.24. The van der Waals surface area contributed by atoms with Crippen molar-refractivity contribution >= 4 is 17.5 Å². The average molecular weight is 385 g/mol. The first-order chi connectivity index (χ1) is 13.4. The number of carbonyl (C=O) groups excluding carboxylic acids is 2. The number of halogens is 3. The molecule has 0 saturated heterocycles. The van der Waals surface area contributed by atoms with Crippen LogP contribution in [0.1, 0.15) is 26.4 Å². The first kappa shape index (κ1) is 19.1. The van der Waals surface area contributed by atoms with E-state index in [1.54, 1.807) is 0 Å². The molecule has 0 fully saturated rings. The lowest BCUT2D eigenvalue weighted by Crippen LogP contribution is -2.24. The van der Waals surface area contributed by atoms with Crippen LogP contribution in [0.2, 0.25) is 0 Å². The van der Waals surface area contributed by atoms with E-state index >= 15 is 0 Å². The monoisotopic (exact) mass is 385 g/mol. The predicted molar refractivity (Wildman–Crippen MR) is 96.1 cm³/mol. The van der Waals surface area contributed by atoms with Gasteiger partial charge in [-0.05, 0) is 42.0 Å². The van der Waals surface area contributed by atoms with Gasteiger partial charge < -0.3 is 10.6 Å². The van der Waals surface area contributed by atoms with E-state index in [1.165, 1.54) is 48.7 Å². The second kappa shape index (κ2) is 8.34. The summed E-state index contributed by atoms with van der Waals surface area (Å²) in [5, 5.41) is 4.73. The van der Waals surface area contributed by atoms with Gasteiger partial charge in [-0.25, -0.2) is 13.2 Å². The molecule has 0 aliphatic rings. The summed E-state index contributed by atoms with van der Waals surface area (Å²) in [4.78, 5) is 28.4. The molecule has 0 radical (unpaired) electrons. The van der Waals surface area contributed by atoms with E-state index in [-0.39, 0.29) is 23.6 Å². The third-order valence-electron chi connectivity index (χ3n) is 3.82. The van der Waals surface area contributed by atoms with E-state index < -0.39 is 29.1 Å². The Morgan fingerprint density at radius 2 is 1.57 bits per heavy atom. The Morgan fingerprint density at radius 1 is 0.893 bits per heavy atom. The third kappa shape index (κ3) is 4.53. The molecule has 2 aromatic carbocycles. The van der Waals surface area contributed by atoms with Gasteiger partial charge >= 0.3 is 0 Å². The number of rotatable bonds is 5. The zero-order valence-electron chi connectivity index (χ0n) is 14.4. The Labute approximate surface area is 158 Å². The molecule has 0 aliphatic carbocycles. The standard InChI is InChI=1S/C20H14F3N3O2/c21-14-6-4-12(5-7-14)11-25-20(28)17-10-13(8-9-24-17)19(27)26-18-15(22)2-1-3-16(18)23/h1-10H,11H2,(H,25,28)(H,26,27). The first-order valence-electron chi connectivity index (χ1n) is 8.18. The van der Waals surface area contributed by atoms with Crippen molar-refractivity contribution in [2.75, 3.05) is 5.32 Å². The van der Waals surface area contributed by atoms with Crippen LogP contribution in [-0.2, 0) is 6.54 Å². The Hall–Kier alpha value is -3.68. The van der Waals surface area contributed by atoms with Crippen LogP contribution >= 0.6 is 0 Å². The SMILES string of the molecule is O=C(Nc1c(F)cccc1F)c1ccnc(C(=O)NCc2ccc(F)cc2)c1. The maximum atomic E-state index is 13.7. The Balaban J connectivity index is 1.69. The molecule has 0 unspecified atom stereocenters. The van der Waals surface area contributed by atoms with Gasteiger partial charge in [0.15, 0.2) is 0 Å². The number of nitrogens with one attached hydrogen (secondary N) is 2. The number of benzene rings is 2. The lowest BCUT2D eigenvalue weighted by Gasteiger charge is -2.09. The minimum absolute atomic E-state index is 0.00425. The van der Waals surface area contributed by atoms with Crippen molar-refractivity contribution in [3.05, 3.63) is 95.1 Å². The molecule has 2 amide bonds. The minimum Gasteiger partial charge on any atom is -0.347 e. The fourth-order valence-electron chi connectivity index (χ4n) is 2.37. The van der Waals surface area contributed by atoms with Gasteiger partial charge in [-0.3, -0.25) is 14.6 Å². The van der Waals surface area contributed by atoms with Gasteiger partial charge in [-0.2, -0.15) is 0 Å². The van der Waals surface area contributed by atoms with Gasteiger partial charge in [-0.1, -0.05) is 18.2 Å². The summed E-state index contributed by atoms with van der Waals surface area (Å²) in [7, 11) is 0. The molecule has 3 aromatic rings. The van der Waals surface area contributed by atoms with E-state index in [2.05, 4.69) is 15.6 Å². The fourth-order valence-corrected chi connectivity index (χ4v) is 2.37. The van der Waals surface area contributed by atoms with Crippen LogP contribution in [-0.4, -0.2) is 16.8 Å². The summed E-state index contributed by atoms with van der Waals surface area (Å²) in [5.74, 6) is -3.57. The molecule has 0 atom stereocenters. The van der Waals surface area contributed by atoms with Crippen LogP contribution in [0.15, 0.2) is 60.8 Å². The highest BCUT2D eigenvalue weighted by Gasteiger charge is 2.15.